The number of hydrogen-bond acceptors (Lipinski definition) is 7. The number of nitrogens with one attached hydrogen (secondary N) is 5. The van der Waals surface area contributed by atoms with Gasteiger partial charge in [0.05, 0.1) is 18.5 Å². The predicted octanol–water partition coefficient (Wildman–Crippen LogP) is 1.14. The average Bonchev–Trinajstić information content (AvgIpc) is 3.44. The van der Waals surface area contributed by atoms with E-state index in [1.165, 1.54) is 32.2 Å². The smallest absolute Gasteiger partial charge is 0.435 e. The molecule has 1 aliphatic rings. The van der Waals surface area contributed by atoms with Gasteiger partial charge in [0.25, 0.3) is 5.91 Å². The molecule has 0 saturated heterocycles. The molecule has 0 aliphatic carbocycles. The van der Waals surface area contributed by atoms with Gasteiger partial charge in [0.1, 0.15) is 30.0 Å². The van der Waals surface area contributed by atoms with Gasteiger partial charge in [-0.15, -0.1) is 0 Å². The minimum absolute atomic E-state index is 0.000744. The second kappa shape index (κ2) is 14.9. The van der Waals surface area contributed by atoms with Gasteiger partial charge in [0.2, 0.25) is 23.6 Å². The number of aryl methyl sites for hydroxylation is 1. The maximum atomic E-state index is 13.3. The lowest BCUT2D eigenvalue weighted by Gasteiger charge is -2.30. The summed E-state index contributed by atoms with van der Waals surface area (Å²) in [5.74, 6) is -3.42. The molecule has 0 saturated carbocycles. The number of alkyl halides is 3. The maximum Gasteiger partial charge on any atom is 0.435 e. The van der Waals surface area contributed by atoms with Crippen LogP contribution in [0.25, 0.3) is 0 Å². The van der Waals surface area contributed by atoms with E-state index in [0.29, 0.717) is 0 Å². The van der Waals surface area contributed by atoms with Gasteiger partial charge in [0.15, 0.2) is 5.69 Å². The third kappa shape index (κ3) is 9.94. The molecule has 2 heterocycles. The van der Waals surface area contributed by atoms with Crippen LogP contribution < -0.4 is 31.3 Å². The topological polar surface area (TPSA) is 173 Å². The molecule has 0 spiro atoms. The summed E-state index contributed by atoms with van der Waals surface area (Å²) in [5, 5.41) is 16.5. The summed E-state index contributed by atoms with van der Waals surface area (Å²) in [6.07, 6.45) is -3.76. The minimum Gasteiger partial charge on any atom is -0.491 e. The summed E-state index contributed by atoms with van der Waals surface area (Å²) in [6, 6.07) is 4.74. The number of amides is 5. The molecule has 0 radical (unpaired) electrons. The van der Waals surface area contributed by atoms with Crippen molar-refractivity contribution in [3.05, 3.63) is 47.8 Å². The van der Waals surface area contributed by atoms with Crippen LogP contribution in [0.5, 0.6) is 5.75 Å². The maximum absolute atomic E-state index is 13.3. The first-order chi connectivity index (χ1) is 21.1. The normalized spacial score (nSPS) is 20.1. The van der Waals surface area contributed by atoms with Crippen LogP contribution in [-0.2, 0) is 31.9 Å². The molecular weight excluding hydrogens is 599 g/mol. The number of para-hydroxylation sites is 1. The van der Waals surface area contributed by atoms with Crippen molar-refractivity contribution in [2.75, 3.05) is 19.7 Å². The van der Waals surface area contributed by atoms with Crippen molar-refractivity contribution in [1.29, 1.82) is 0 Å². The number of nitrogens with zero attached hydrogens (tertiary/aromatic N) is 2. The molecule has 1 aliphatic heterocycles. The Morgan fingerprint density at radius 1 is 1.13 bits per heavy atom. The van der Waals surface area contributed by atoms with Crippen LogP contribution in [0.1, 0.15) is 56.6 Å². The van der Waals surface area contributed by atoms with E-state index in [4.69, 9.17) is 4.74 Å². The quantitative estimate of drug-likeness (QED) is 0.296. The highest BCUT2D eigenvalue weighted by Crippen LogP contribution is 2.27. The molecule has 5 N–H and O–H groups in total. The van der Waals surface area contributed by atoms with Crippen LogP contribution in [0, 0.1) is 5.92 Å². The standard InChI is InChI=1S/C29H38F3N7O6/c1-17(2)23-26(43)34-12-15-45-20-9-6-5-8-18(20)24(41)35-19(16-22(40)37-28(3,4)27(44)36-23)25(42)33-11-7-13-39-14-10-21(38-39)29(30,31)32/h5-6,8-10,14,17,19,23H,7,11-13,15-16H2,1-4H3,(H,33,42)(H,34,43)(H,35,41)(H,36,44)(H,37,40)/t19-,23+/m0/s1. The van der Waals surface area contributed by atoms with E-state index in [9.17, 15) is 37.1 Å². The Morgan fingerprint density at radius 2 is 1.84 bits per heavy atom. The number of rotatable bonds is 6. The summed E-state index contributed by atoms with van der Waals surface area (Å²) in [7, 11) is 0. The monoisotopic (exact) mass is 637 g/mol. The molecule has 1 aromatic heterocycles. The fourth-order valence-electron chi connectivity index (χ4n) is 4.38. The van der Waals surface area contributed by atoms with Crippen molar-refractivity contribution in [3.63, 3.8) is 0 Å². The van der Waals surface area contributed by atoms with Gasteiger partial charge < -0.3 is 31.3 Å². The Kier molecular flexibility index (Phi) is 11.5. The van der Waals surface area contributed by atoms with E-state index in [1.807, 2.05) is 0 Å². The summed E-state index contributed by atoms with van der Waals surface area (Å²) >= 11 is 0. The minimum atomic E-state index is -4.58. The van der Waals surface area contributed by atoms with E-state index in [2.05, 4.69) is 31.7 Å². The molecule has 0 bridgehead atoms. The van der Waals surface area contributed by atoms with Gasteiger partial charge in [-0.2, -0.15) is 18.3 Å². The number of aromatic nitrogens is 2. The van der Waals surface area contributed by atoms with Crippen LogP contribution in [0.3, 0.4) is 0 Å². The van der Waals surface area contributed by atoms with Crippen molar-refractivity contribution >= 4 is 29.5 Å². The number of benzene rings is 1. The highest BCUT2D eigenvalue weighted by atomic mass is 19.4. The third-order valence-corrected chi connectivity index (χ3v) is 6.85. The Morgan fingerprint density at radius 3 is 2.51 bits per heavy atom. The highest BCUT2D eigenvalue weighted by Gasteiger charge is 2.36. The van der Waals surface area contributed by atoms with Gasteiger partial charge in [-0.3, -0.25) is 28.7 Å². The van der Waals surface area contributed by atoms with Crippen molar-refractivity contribution in [2.24, 2.45) is 5.92 Å². The first-order valence-corrected chi connectivity index (χ1v) is 14.4. The number of halogens is 3. The van der Waals surface area contributed by atoms with E-state index < -0.39 is 65.4 Å². The van der Waals surface area contributed by atoms with Crippen LogP contribution >= 0.6 is 0 Å². The van der Waals surface area contributed by atoms with Gasteiger partial charge in [-0.05, 0) is 44.4 Å². The SMILES string of the molecule is CC(C)[C@H]1NC(=O)C(C)(C)NC(=O)C[C@@H](C(=O)NCCCn2ccc(C(F)(F)F)n2)NC(=O)c2ccccc2OCCNC1=O. The number of fused-ring (bicyclic) bond motifs is 1. The molecule has 2 atom stereocenters. The largest absolute Gasteiger partial charge is 0.491 e. The average molecular weight is 638 g/mol. The highest BCUT2D eigenvalue weighted by molar-refractivity contribution is 6.01. The zero-order valence-electron chi connectivity index (χ0n) is 25.4. The molecule has 0 unspecified atom stereocenters. The van der Waals surface area contributed by atoms with Gasteiger partial charge in [0, 0.05) is 19.3 Å². The second-order valence-electron chi connectivity index (χ2n) is 11.3. The fourth-order valence-corrected chi connectivity index (χ4v) is 4.38. The lowest BCUT2D eigenvalue weighted by atomic mass is 9.99. The second-order valence-corrected chi connectivity index (χ2v) is 11.3. The zero-order chi connectivity index (χ0) is 33.4. The van der Waals surface area contributed by atoms with Crippen LogP contribution in [-0.4, -0.2) is 76.6 Å². The van der Waals surface area contributed by atoms with E-state index >= 15 is 0 Å². The molecule has 3 rings (SSSR count). The molecule has 5 amide bonds. The van der Waals surface area contributed by atoms with Crippen molar-refractivity contribution in [3.8, 4) is 5.75 Å². The molecule has 45 heavy (non-hydrogen) atoms. The Bertz CT molecular complexity index is 1390. The van der Waals surface area contributed by atoms with E-state index in [0.717, 1.165) is 10.7 Å². The van der Waals surface area contributed by atoms with Crippen LogP contribution in [0.15, 0.2) is 36.5 Å². The van der Waals surface area contributed by atoms with E-state index in [-0.39, 0.29) is 49.9 Å². The summed E-state index contributed by atoms with van der Waals surface area (Å²) in [6.45, 7) is 6.49. The van der Waals surface area contributed by atoms with Crippen LogP contribution in [0.4, 0.5) is 13.2 Å². The molecular formula is C29H38F3N7O6. The van der Waals surface area contributed by atoms with Crippen molar-refractivity contribution in [2.45, 2.75) is 70.9 Å². The Balaban J connectivity index is 1.78. The number of ether oxygens (including phenoxy) is 1. The molecule has 16 heteroatoms. The first kappa shape index (κ1) is 34.9. The fraction of sp³-hybridized carbons (Fsp3) is 0.517. The zero-order valence-corrected chi connectivity index (χ0v) is 25.4. The summed E-state index contributed by atoms with van der Waals surface area (Å²) in [5.41, 5.74) is -2.47. The molecule has 2 aromatic rings. The molecule has 0 fully saturated rings. The van der Waals surface area contributed by atoms with E-state index in [1.54, 1.807) is 26.0 Å². The number of carbonyl (C=O) groups is 5. The lowest BCUT2D eigenvalue weighted by Crippen LogP contribution is -2.60. The van der Waals surface area contributed by atoms with Gasteiger partial charge >= 0.3 is 6.18 Å². The lowest BCUT2D eigenvalue weighted by molar-refractivity contribution is -0.141. The molecule has 1 aromatic carbocycles. The first-order valence-electron chi connectivity index (χ1n) is 14.4. The Hall–Kier alpha value is -4.63. The Labute approximate surface area is 258 Å². The number of hydrogen-bond donors (Lipinski definition) is 5. The summed E-state index contributed by atoms with van der Waals surface area (Å²) in [4.78, 5) is 65.5. The van der Waals surface area contributed by atoms with Gasteiger partial charge in [-0.25, -0.2) is 0 Å². The number of carbonyl (C=O) groups excluding carboxylic acids is 5. The van der Waals surface area contributed by atoms with Crippen molar-refractivity contribution < 1.29 is 41.9 Å². The molecule has 13 nitrogen and oxygen atoms in total. The summed E-state index contributed by atoms with van der Waals surface area (Å²) < 4.78 is 45.2. The van der Waals surface area contributed by atoms with Gasteiger partial charge in [-0.1, -0.05) is 26.0 Å². The third-order valence-electron chi connectivity index (χ3n) is 6.85. The van der Waals surface area contributed by atoms with Crippen LogP contribution in [0.2, 0.25) is 0 Å². The predicted molar refractivity (Wildman–Crippen MR) is 155 cm³/mol. The molecule has 246 valence electrons. The van der Waals surface area contributed by atoms with Crippen molar-refractivity contribution in [1.82, 2.24) is 36.4 Å².